The van der Waals surface area contributed by atoms with E-state index in [1.54, 1.807) is 32.4 Å². The lowest BCUT2D eigenvalue weighted by Gasteiger charge is -2.26. The summed E-state index contributed by atoms with van der Waals surface area (Å²) in [6.07, 6.45) is 0.925. The van der Waals surface area contributed by atoms with Crippen molar-refractivity contribution in [3.63, 3.8) is 0 Å². The molecule has 0 aliphatic carbocycles. The van der Waals surface area contributed by atoms with Crippen LogP contribution in [0.2, 0.25) is 0 Å². The maximum absolute atomic E-state index is 12.6. The van der Waals surface area contributed by atoms with Crippen LogP contribution in [0.4, 0.5) is 0 Å². The molecular formula is C18H19NO3S. The number of hydrogen-bond donors (Lipinski definition) is 1. The van der Waals surface area contributed by atoms with Crippen LogP contribution in [-0.2, 0) is 0 Å². The summed E-state index contributed by atoms with van der Waals surface area (Å²) in [7, 11) is 3.15. The quantitative estimate of drug-likeness (QED) is 0.930. The van der Waals surface area contributed by atoms with Crippen molar-refractivity contribution in [3.05, 3.63) is 53.6 Å². The highest BCUT2D eigenvalue weighted by Crippen LogP contribution is 2.36. The van der Waals surface area contributed by atoms with Gasteiger partial charge >= 0.3 is 0 Å². The molecule has 0 saturated carbocycles. The molecule has 4 nitrogen and oxygen atoms in total. The third-order valence-corrected chi connectivity index (χ3v) is 5.00. The number of rotatable bonds is 4. The van der Waals surface area contributed by atoms with Crippen molar-refractivity contribution < 1.29 is 14.3 Å². The second-order valence-corrected chi connectivity index (χ2v) is 6.44. The first-order valence-electron chi connectivity index (χ1n) is 7.47. The van der Waals surface area contributed by atoms with Gasteiger partial charge in [-0.1, -0.05) is 18.2 Å². The van der Waals surface area contributed by atoms with Gasteiger partial charge in [0.15, 0.2) is 0 Å². The summed E-state index contributed by atoms with van der Waals surface area (Å²) in [5, 5.41) is 3.13. The van der Waals surface area contributed by atoms with E-state index in [4.69, 9.17) is 9.47 Å². The number of hydrogen-bond acceptors (Lipinski definition) is 4. The van der Waals surface area contributed by atoms with Crippen molar-refractivity contribution in [2.45, 2.75) is 17.4 Å². The van der Waals surface area contributed by atoms with E-state index in [1.807, 2.05) is 23.9 Å². The summed E-state index contributed by atoms with van der Waals surface area (Å²) in [4.78, 5) is 13.9. The van der Waals surface area contributed by atoms with Gasteiger partial charge in [-0.25, -0.2) is 0 Å². The minimum Gasteiger partial charge on any atom is -0.497 e. The van der Waals surface area contributed by atoms with Gasteiger partial charge in [0.2, 0.25) is 0 Å². The molecule has 0 saturated heterocycles. The molecule has 2 aromatic carbocycles. The van der Waals surface area contributed by atoms with Crippen LogP contribution >= 0.6 is 11.8 Å². The Kier molecular flexibility index (Phi) is 4.76. The van der Waals surface area contributed by atoms with E-state index < -0.39 is 0 Å². The number of benzene rings is 2. The average Bonchev–Trinajstić information content (AvgIpc) is 2.61. The third-order valence-electron chi connectivity index (χ3n) is 3.88. The van der Waals surface area contributed by atoms with Gasteiger partial charge in [-0.15, -0.1) is 11.8 Å². The van der Waals surface area contributed by atoms with E-state index in [1.165, 1.54) is 10.5 Å². The Balaban J connectivity index is 1.83. The van der Waals surface area contributed by atoms with Gasteiger partial charge in [-0.3, -0.25) is 4.79 Å². The van der Waals surface area contributed by atoms with E-state index in [9.17, 15) is 4.79 Å². The highest BCUT2D eigenvalue weighted by molar-refractivity contribution is 7.99. The fourth-order valence-corrected chi connectivity index (χ4v) is 3.80. The summed E-state index contributed by atoms with van der Waals surface area (Å²) in [5.74, 6) is 2.10. The van der Waals surface area contributed by atoms with Crippen LogP contribution in [0, 0.1) is 0 Å². The van der Waals surface area contributed by atoms with E-state index in [0.717, 1.165) is 12.2 Å². The summed E-state index contributed by atoms with van der Waals surface area (Å²) in [5.41, 5.74) is 1.73. The smallest absolute Gasteiger partial charge is 0.252 e. The minimum absolute atomic E-state index is 0.0390. The molecule has 0 bridgehead atoms. The van der Waals surface area contributed by atoms with Gasteiger partial charge in [0.1, 0.15) is 11.5 Å². The molecule has 120 valence electrons. The lowest BCUT2D eigenvalue weighted by molar-refractivity contribution is 0.0934. The maximum Gasteiger partial charge on any atom is 0.252 e. The molecular weight excluding hydrogens is 310 g/mol. The number of amides is 1. The van der Waals surface area contributed by atoms with Crippen LogP contribution in [-0.4, -0.2) is 25.9 Å². The molecule has 1 aliphatic heterocycles. The van der Waals surface area contributed by atoms with Gasteiger partial charge in [0.05, 0.1) is 20.3 Å². The van der Waals surface area contributed by atoms with Crippen LogP contribution in [0.3, 0.4) is 0 Å². The fraction of sp³-hybridized carbons (Fsp3) is 0.278. The minimum atomic E-state index is -0.117. The summed E-state index contributed by atoms with van der Waals surface area (Å²) < 4.78 is 10.5. The molecule has 0 aromatic heterocycles. The van der Waals surface area contributed by atoms with Gasteiger partial charge in [0.25, 0.3) is 5.91 Å². The number of ether oxygens (including phenoxy) is 2. The SMILES string of the molecule is COc1cc(OC)cc(C(=O)N[C@H]2CCSc3ccccc32)c1. The molecule has 3 rings (SSSR count). The standard InChI is InChI=1S/C18H19NO3S/c1-21-13-9-12(10-14(11-13)22-2)18(20)19-16-7-8-23-17-6-4-3-5-15(16)17/h3-6,9-11,16H,7-8H2,1-2H3,(H,19,20)/t16-/m0/s1. The van der Waals surface area contributed by atoms with Gasteiger partial charge in [0, 0.05) is 22.3 Å². The van der Waals surface area contributed by atoms with Crippen LogP contribution in [0.1, 0.15) is 28.4 Å². The van der Waals surface area contributed by atoms with Gasteiger partial charge in [-0.05, 0) is 30.2 Å². The highest BCUT2D eigenvalue weighted by atomic mass is 32.2. The zero-order valence-corrected chi connectivity index (χ0v) is 14.0. The zero-order valence-electron chi connectivity index (χ0n) is 13.2. The van der Waals surface area contributed by atoms with Crippen molar-refractivity contribution in [3.8, 4) is 11.5 Å². The van der Waals surface area contributed by atoms with Crippen LogP contribution in [0.25, 0.3) is 0 Å². The molecule has 23 heavy (non-hydrogen) atoms. The largest absolute Gasteiger partial charge is 0.497 e. The molecule has 1 heterocycles. The predicted octanol–water partition coefficient (Wildman–Crippen LogP) is 3.67. The Labute approximate surface area is 140 Å². The monoisotopic (exact) mass is 329 g/mol. The van der Waals surface area contributed by atoms with Crippen molar-refractivity contribution in [1.29, 1.82) is 0 Å². The molecule has 0 fully saturated rings. The number of nitrogens with one attached hydrogen (secondary N) is 1. The lowest BCUT2D eigenvalue weighted by atomic mass is 10.0. The average molecular weight is 329 g/mol. The number of fused-ring (bicyclic) bond motifs is 1. The summed E-state index contributed by atoms with van der Waals surface area (Å²) >= 11 is 1.84. The zero-order chi connectivity index (χ0) is 16.2. The molecule has 0 spiro atoms. The van der Waals surface area contributed by atoms with E-state index >= 15 is 0 Å². The second-order valence-electron chi connectivity index (χ2n) is 5.30. The number of carbonyl (C=O) groups is 1. The van der Waals surface area contributed by atoms with Crippen molar-refractivity contribution in [2.75, 3.05) is 20.0 Å². The van der Waals surface area contributed by atoms with E-state index in [0.29, 0.717) is 17.1 Å². The highest BCUT2D eigenvalue weighted by Gasteiger charge is 2.22. The molecule has 1 atom stereocenters. The van der Waals surface area contributed by atoms with Crippen LogP contribution in [0.15, 0.2) is 47.4 Å². The number of thioether (sulfide) groups is 1. The Morgan fingerprint density at radius 2 is 1.83 bits per heavy atom. The molecule has 0 unspecified atom stereocenters. The van der Waals surface area contributed by atoms with Crippen molar-refractivity contribution in [1.82, 2.24) is 5.32 Å². The second kappa shape index (κ2) is 6.96. The van der Waals surface area contributed by atoms with Crippen molar-refractivity contribution >= 4 is 17.7 Å². The van der Waals surface area contributed by atoms with E-state index in [-0.39, 0.29) is 11.9 Å². The first-order valence-corrected chi connectivity index (χ1v) is 8.45. The molecule has 0 radical (unpaired) electrons. The normalized spacial score (nSPS) is 16.3. The maximum atomic E-state index is 12.6. The van der Waals surface area contributed by atoms with Crippen molar-refractivity contribution in [2.24, 2.45) is 0 Å². The lowest BCUT2D eigenvalue weighted by Crippen LogP contribution is -2.30. The first kappa shape index (κ1) is 15.7. The topological polar surface area (TPSA) is 47.6 Å². The molecule has 1 N–H and O–H groups in total. The third kappa shape index (κ3) is 3.45. The number of methoxy groups -OCH3 is 2. The van der Waals surface area contributed by atoms with Gasteiger partial charge < -0.3 is 14.8 Å². The van der Waals surface area contributed by atoms with Crippen LogP contribution < -0.4 is 14.8 Å². The predicted molar refractivity (Wildman–Crippen MR) is 91.5 cm³/mol. The molecule has 1 aliphatic rings. The fourth-order valence-electron chi connectivity index (χ4n) is 2.67. The Hall–Kier alpha value is -2.14. The Morgan fingerprint density at radius 3 is 2.52 bits per heavy atom. The Bertz CT molecular complexity index is 695. The Morgan fingerprint density at radius 1 is 1.13 bits per heavy atom. The number of carbonyl (C=O) groups excluding carboxylic acids is 1. The molecule has 2 aromatic rings. The van der Waals surface area contributed by atoms with Crippen LogP contribution in [0.5, 0.6) is 11.5 Å². The summed E-state index contributed by atoms with van der Waals surface area (Å²) in [6, 6.07) is 13.5. The van der Waals surface area contributed by atoms with E-state index in [2.05, 4.69) is 17.4 Å². The molecule has 5 heteroatoms. The van der Waals surface area contributed by atoms with Gasteiger partial charge in [-0.2, -0.15) is 0 Å². The summed E-state index contributed by atoms with van der Waals surface area (Å²) in [6.45, 7) is 0. The first-order chi connectivity index (χ1) is 11.2. The molecule has 1 amide bonds.